The van der Waals surface area contributed by atoms with E-state index in [1.807, 2.05) is 19.1 Å². The number of nitrogens with one attached hydrogen (secondary N) is 2. The summed E-state index contributed by atoms with van der Waals surface area (Å²) in [5, 5.41) is 6.11. The average Bonchev–Trinajstić information content (AvgIpc) is 2.86. The molecule has 0 bridgehead atoms. The quantitative estimate of drug-likeness (QED) is 0.836. The lowest BCUT2D eigenvalue weighted by molar-refractivity contribution is -0.117. The molecule has 1 aromatic heterocycles. The molecular weight excluding hydrogens is 318 g/mol. The van der Waals surface area contributed by atoms with Gasteiger partial charge in [-0.25, -0.2) is 13.1 Å². The molecule has 2 aromatic rings. The Labute approximate surface area is 135 Å². The number of carbonyl (C=O) groups is 1. The molecule has 124 valence electrons. The number of amides is 1. The van der Waals surface area contributed by atoms with Gasteiger partial charge in [-0.05, 0) is 26.3 Å². The molecule has 7 nitrogen and oxygen atoms in total. The molecule has 0 unspecified atom stereocenters. The van der Waals surface area contributed by atoms with Crippen molar-refractivity contribution in [2.75, 3.05) is 5.32 Å². The van der Waals surface area contributed by atoms with Gasteiger partial charge < -0.3 is 9.84 Å². The van der Waals surface area contributed by atoms with Gasteiger partial charge in [0.1, 0.15) is 5.76 Å². The van der Waals surface area contributed by atoms with Crippen molar-refractivity contribution >= 4 is 21.7 Å². The van der Waals surface area contributed by atoms with E-state index in [0.717, 1.165) is 5.56 Å². The maximum absolute atomic E-state index is 12.1. The van der Waals surface area contributed by atoms with Crippen molar-refractivity contribution in [3.63, 3.8) is 0 Å². The molecule has 2 N–H and O–H groups in total. The summed E-state index contributed by atoms with van der Waals surface area (Å²) in [5.74, 6) is 0.101. The standard InChI is InChI=1S/C15H19N3O4S/c1-10-4-6-13(7-5-10)9-23(20,21)18-12(3)15(19)16-14-8-11(2)22-17-14/h4-8,12,18H,9H2,1-3H3,(H,16,17,19)/t12-/m1/s1. The highest BCUT2D eigenvalue weighted by Crippen LogP contribution is 2.09. The Bertz CT molecular complexity index is 781. The topological polar surface area (TPSA) is 101 Å². The Balaban J connectivity index is 1.95. The molecule has 0 saturated carbocycles. The minimum atomic E-state index is -3.63. The lowest BCUT2D eigenvalue weighted by Gasteiger charge is -2.13. The van der Waals surface area contributed by atoms with Crippen LogP contribution in [-0.4, -0.2) is 25.5 Å². The van der Waals surface area contributed by atoms with Crippen molar-refractivity contribution in [3.8, 4) is 0 Å². The lowest BCUT2D eigenvalue weighted by atomic mass is 10.2. The molecule has 1 atom stereocenters. The highest BCUT2D eigenvalue weighted by molar-refractivity contribution is 7.88. The first-order valence-electron chi connectivity index (χ1n) is 7.05. The Kier molecular flexibility index (Phi) is 5.17. The molecule has 1 heterocycles. The highest BCUT2D eigenvalue weighted by atomic mass is 32.2. The third-order valence-electron chi connectivity index (χ3n) is 3.11. The van der Waals surface area contributed by atoms with E-state index in [0.29, 0.717) is 11.3 Å². The third kappa shape index (κ3) is 5.19. The molecule has 0 radical (unpaired) electrons. The molecule has 8 heteroatoms. The molecule has 0 spiro atoms. The Morgan fingerprint density at radius 3 is 2.48 bits per heavy atom. The molecule has 0 aliphatic rings. The van der Waals surface area contributed by atoms with Crippen molar-refractivity contribution < 1.29 is 17.7 Å². The summed E-state index contributed by atoms with van der Waals surface area (Å²) in [4.78, 5) is 12.0. The zero-order valence-corrected chi connectivity index (χ0v) is 14.0. The predicted molar refractivity (Wildman–Crippen MR) is 86.3 cm³/mol. The van der Waals surface area contributed by atoms with Crippen LogP contribution in [0.25, 0.3) is 0 Å². The van der Waals surface area contributed by atoms with Crippen LogP contribution in [0.3, 0.4) is 0 Å². The van der Waals surface area contributed by atoms with Gasteiger partial charge >= 0.3 is 0 Å². The van der Waals surface area contributed by atoms with Gasteiger partial charge in [0.25, 0.3) is 0 Å². The third-order valence-corrected chi connectivity index (χ3v) is 4.53. The minimum Gasteiger partial charge on any atom is -0.360 e. The number of nitrogens with zero attached hydrogens (tertiary/aromatic N) is 1. The number of benzene rings is 1. The van der Waals surface area contributed by atoms with Gasteiger partial charge in [-0.1, -0.05) is 35.0 Å². The zero-order valence-electron chi connectivity index (χ0n) is 13.2. The second-order valence-electron chi connectivity index (χ2n) is 5.40. The van der Waals surface area contributed by atoms with Gasteiger partial charge in [0.05, 0.1) is 11.8 Å². The largest absolute Gasteiger partial charge is 0.360 e. The molecule has 0 aliphatic heterocycles. The zero-order chi connectivity index (χ0) is 17.0. The molecule has 0 saturated heterocycles. The van der Waals surface area contributed by atoms with E-state index in [1.165, 1.54) is 6.92 Å². The summed E-state index contributed by atoms with van der Waals surface area (Å²) in [6, 6.07) is 7.80. The Hall–Kier alpha value is -2.19. The first-order valence-corrected chi connectivity index (χ1v) is 8.70. The number of rotatable bonds is 6. The van der Waals surface area contributed by atoms with Crippen molar-refractivity contribution in [3.05, 3.63) is 47.2 Å². The van der Waals surface area contributed by atoms with E-state index in [9.17, 15) is 13.2 Å². The molecule has 0 fully saturated rings. The Morgan fingerprint density at radius 1 is 1.26 bits per heavy atom. The first kappa shape index (κ1) is 17.2. The van der Waals surface area contributed by atoms with Crippen molar-refractivity contribution in [2.45, 2.75) is 32.6 Å². The summed E-state index contributed by atoms with van der Waals surface area (Å²) in [6.45, 7) is 5.08. The number of anilines is 1. The Morgan fingerprint density at radius 2 is 1.91 bits per heavy atom. The number of carbonyl (C=O) groups excluding carboxylic acids is 1. The van der Waals surface area contributed by atoms with Crippen LogP contribution in [0, 0.1) is 13.8 Å². The molecule has 23 heavy (non-hydrogen) atoms. The van der Waals surface area contributed by atoms with E-state index in [2.05, 4.69) is 15.2 Å². The molecule has 1 aromatic carbocycles. The molecule has 0 aliphatic carbocycles. The maximum Gasteiger partial charge on any atom is 0.243 e. The summed E-state index contributed by atoms with van der Waals surface area (Å²) in [5.41, 5.74) is 1.71. The van der Waals surface area contributed by atoms with E-state index >= 15 is 0 Å². The fourth-order valence-corrected chi connectivity index (χ4v) is 3.29. The minimum absolute atomic E-state index is 0.187. The van der Waals surface area contributed by atoms with E-state index in [-0.39, 0.29) is 11.6 Å². The van der Waals surface area contributed by atoms with Gasteiger partial charge in [0.15, 0.2) is 5.82 Å². The summed E-state index contributed by atoms with van der Waals surface area (Å²) in [7, 11) is -3.63. The number of aryl methyl sites for hydroxylation is 2. The number of sulfonamides is 1. The average molecular weight is 337 g/mol. The van der Waals surface area contributed by atoms with Gasteiger partial charge in [-0.15, -0.1) is 0 Å². The van der Waals surface area contributed by atoms with Crippen LogP contribution in [0.5, 0.6) is 0 Å². The molecule has 2 rings (SSSR count). The van der Waals surface area contributed by atoms with Crippen LogP contribution in [0.15, 0.2) is 34.9 Å². The molecule has 1 amide bonds. The van der Waals surface area contributed by atoms with Crippen LogP contribution in [0.1, 0.15) is 23.8 Å². The molecular formula is C15H19N3O4S. The van der Waals surface area contributed by atoms with Gasteiger partial charge in [0.2, 0.25) is 15.9 Å². The number of hydrogen-bond acceptors (Lipinski definition) is 5. The fraction of sp³-hybridized carbons (Fsp3) is 0.333. The lowest BCUT2D eigenvalue weighted by Crippen LogP contribution is -2.42. The monoisotopic (exact) mass is 337 g/mol. The van der Waals surface area contributed by atoms with Crippen LogP contribution < -0.4 is 10.0 Å². The van der Waals surface area contributed by atoms with Gasteiger partial charge in [-0.3, -0.25) is 4.79 Å². The smallest absolute Gasteiger partial charge is 0.243 e. The van der Waals surface area contributed by atoms with Crippen molar-refractivity contribution in [1.82, 2.24) is 9.88 Å². The van der Waals surface area contributed by atoms with Gasteiger partial charge in [0, 0.05) is 6.07 Å². The normalized spacial score (nSPS) is 12.8. The van der Waals surface area contributed by atoms with Crippen LogP contribution >= 0.6 is 0 Å². The van der Waals surface area contributed by atoms with E-state index in [1.54, 1.807) is 25.1 Å². The predicted octanol–water partition coefficient (Wildman–Crippen LogP) is 1.74. The first-order chi connectivity index (χ1) is 10.7. The number of hydrogen-bond donors (Lipinski definition) is 2. The van der Waals surface area contributed by atoms with Gasteiger partial charge in [-0.2, -0.15) is 0 Å². The SMILES string of the molecule is Cc1ccc(CS(=O)(=O)N[C@H](C)C(=O)Nc2cc(C)on2)cc1. The summed E-state index contributed by atoms with van der Waals surface area (Å²) >= 11 is 0. The second kappa shape index (κ2) is 6.93. The summed E-state index contributed by atoms with van der Waals surface area (Å²) in [6.07, 6.45) is 0. The van der Waals surface area contributed by atoms with Crippen LogP contribution in [0.4, 0.5) is 5.82 Å². The van der Waals surface area contributed by atoms with Crippen LogP contribution in [-0.2, 0) is 20.6 Å². The summed E-state index contributed by atoms with van der Waals surface area (Å²) < 4.78 is 31.4. The van der Waals surface area contributed by atoms with E-state index < -0.39 is 22.0 Å². The highest BCUT2D eigenvalue weighted by Gasteiger charge is 2.21. The van der Waals surface area contributed by atoms with E-state index in [4.69, 9.17) is 4.52 Å². The van der Waals surface area contributed by atoms with Crippen LogP contribution in [0.2, 0.25) is 0 Å². The van der Waals surface area contributed by atoms with Crippen molar-refractivity contribution in [2.24, 2.45) is 0 Å². The number of aromatic nitrogens is 1. The maximum atomic E-state index is 12.1. The van der Waals surface area contributed by atoms with Crippen molar-refractivity contribution in [1.29, 1.82) is 0 Å². The second-order valence-corrected chi connectivity index (χ2v) is 7.15. The fourth-order valence-electron chi connectivity index (χ4n) is 1.93.